The Bertz CT molecular complexity index is 713. The van der Waals surface area contributed by atoms with Crippen LogP contribution in [0.2, 0.25) is 0 Å². The summed E-state index contributed by atoms with van der Waals surface area (Å²) >= 11 is 2.83. The van der Waals surface area contributed by atoms with Gasteiger partial charge in [0.2, 0.25) is 0 Å². The lowest BCUT2D eigenvalue weighted by Crippen LogP contribution is -2.14. The maximum absolute atomic E-state index is 13.5. The largest absolute Gasteiger partial charge is 0.394 e. The van der Waals surface area contributed by atoms with Gasteiger partial charge in [0.25, 0.3) is 5.91 Å². The zero-order chi connectivity index (χ0) is 15.7. The summed E-state index contributed by atoms with van der Waals surface area (Å²) in [4.78, 5) is 11.8. The minimum Gasteiger partial charge on any atom is -0.394 e. The van der Waals surface area contributed by atoms with E-state index in [4.69, 9.17) is 5.73 Å². The van der Waals surface area contributed by atoms with E-state index in [1.54, 1.807) is 0 Å². The summed E-state index contributed by atoms with van der Waals surface area (Å²) in [7, 11) is 0. The number of carbonyl (C=O) groups is 1. The molecule has 0 saturated carbocycles. The van der Waals surface area contributed by atoms with E-state index in [-0.39, 0.29) is 15.7 Å². The predicted octanol–water partition coefficient (Wildman–Crippen LogP) is 3.84. The van der Waals surface area contributed by atoms with Crippen LogP contribution in [0.5, 0.6) is 0 Å². The van der Waals surface area contributed by atoms with E-state index in [2.05, 4.69) is 21.2 Å². The van der Waals surface area contributed by atoms with Gasteiger partial charge in [0.15, 0.2) is 0 Å². The number of hydrogen-bond acceptors (Lipinski definition) is 2. The Morgan fingerprint density at radius 3 is 2.10 bits per heavy atom. The van der Waals surface area contributed by atoms with Gasteiger partial charge in [0.1, 0.15) is 29.0 Å². The summed E-state index contributed by atoms with van der Waals surface area (Å²) in [5, 5.41) is 2.08. The quantitative estimate of drug-likeness (QED) is 0.484. The van der Waals surface area contributed by atoms with Gasteiger partial charge in [0.05, 0.1) is 10.2 Å². The molecule has 8 heteroatoms. The standard InChI is InChI=1S/C13H7BrF4N2O/c14-6-3-11(8(16)4-7(6)15)20-13(21)5-1-9(17)12(19)10(18)2-5/h1-4H,19H2,(H,20,21). The highest BCUT2D eigenvalue weighted by Gasteiger charge is 2.16. The third-order valence-corrected chi connectivity index (χ3v) is 3.21. The number of anilines is 2. The lowest BCUT2D eigenvalue weighted by Gasteiger charge is -2.08. The van der Waals surface area contributed by atoms with Gasteiger partial charge >= 0.3 is 0 Å². The molecular formula is C13H7BrF4N2O. The van der Waals surface area contributed by atoms with Crippen molar-refractivity contribution in [2.24, 2.45) is 0 Å². The van der Waals surface area contributed by atoms with Crippen molar-refractivity contribution in [2.45, 2.75) is 0 Å². The van der Waals surface area contributed by atoms with Crippen LogP contribution in [0.3, 0.4) is 0 Å². The van der Waals surface area contributed by atoms with E-state index in [0.717, 1.165) is 6.07 Å². The molecule has 2 aromatic rings. The van der Waals surface area contributed by atoms with Crippen LogP contribution in [0.15, 0.2) is 28.7 Å². The first-order valence-corrected chi connectivity index (χ1v) is 6.29. The van der Waals surface area contributed by atoms with Crippen LogP contribution in [0.4, 0.5) is 28.9 Å². The highest BCUT2D eigenvalue weighted by Crippen LogP contribution is 2.25. The molecule has 0 aliphatic carbocycles. The third kappa shape index (κ3) is 3.15. The monoisotopic (exact) mass is 362 g/mol. The van der Waals surface area contributed by atoms with Crippen molar-refractivity contribution >= 4 is 33.2 Å². The second kappa shape index (κ2) is 5.72. The van der Waals surface area contributed by atoms with Crippen molar-refractivity contribution in [1.29, 1.82) is 0 Å². The van der Waals surface area contributed by atoms with Crippen molar-refractivity contribution in [3.8, 4) is 0 Å². The van der Waals surface area contributed by atoms with Crippen molar-refractivity contribution in [3.05, 3.63) is 57.6 Å². The number of rotatable bonds is 2. The highest BCUT2D eigenvalue weighted by atomic mass is 79.9. The lowest BCUT2D eigenvalue weighted by molar-refractivity contribution is 0.102. The Kier molecular flexibility index (Phi) is 4.17. The van der Waals surface area contributed by atoms with Gasteiger partial charge in [-0.1, -0.05) is 0 Å². The molecule has 0 heterocycles. The first kappa shape index (κ1) is 15.3. The fourth-order valence-electron chi connectivity index (χ4n) is 1.53. The fraction of sp³-hybridized carbons (Fsp3) is 0. The molecule has 3 N–H and O–H groups in total. The Labute approximate surface area is 124 Å². The average Bonchev–Trinajstić information content (AvgIpc) is 2.41. The number of carbonyl (C=O) groups excluding carboxylic acids is 1. The molecule has 0 aliphatic heterocycles. The molecule has 0 bridgehead atoms. The molecule has 0 atom stereocenters. The summed E-state index contributed by atoms with van der Waals surface area (Å²) < 4.78 is 53.0. The Morgan fingerprint density at radius 1 is 0.952 bits per heavy atom. The number of benzene rings is 2. The molecular weight excluding hydrogens is 356 g/mol. The van der Waals surface area contributed by atoms with E-state index >= 15 is 0 Å². The smallest absolute Gasteiger partial charge is 0.255 e. The minimum atomic E-state index is -1.11. The number of amides is 1. The third-order valence-electron chi connectivity index (χ3n) is 2.60. The molecule has 0 radical (unpaired) electrons. The van der Waals surface area contributed by atoms with Crippen LogP contribution >= 0.6 is 15.9 Å². The Hall–Kier alpha value is -2.09. The van der Waals surface area contributed by atoms with Gasteiger partial charge in [-0.15, -0.1) is 0 Å². The van der Waals surface area contributed by atoms with Crippen LogP contribution in [-0.4, -0.2) is 5.91 Å². The van der Waals surface area contributed by atoms with Gasteiger partial charge in [-0.25, -0.2) is 17.6 Å². The van der Waals surface area contributed by atoms with E-state index in [9.17, 15) is 22.4 Å². The molecule has 2 aromatic carbocycles. The summed E-state index contributed by atoms with van der Waals surface area (Å²) in [5.41, 5.74) is 3.62. The second-order valence-corrected chi connectivity index (χ2v) is 4.91. The SMILES string of the molecule is Nc1c(F)cc(C(=O)Nc2cc(Br)c(F)cc2F)cc1F. The predicted molar refractivity (Wildman–Crippen MR) is 72.8 cm³/mol. The van der Waals surface area contributed by atoms with Crippen molar-refractivity contribution in [2.75, 3.05) is 11.1 Å². The summed E-state index contributed by atoms with van der Waals surface area (Å²) in [6.45, 7) is 0. The van der Waals surface area contributed by atoms with Gasteiger partial charge in [0, 0.05) is 11.6 Å². The van der Waals surface area contributed by atoms with Crippen LogP contribution in [-0.2, 0) is 0 Å². The molecule has 0 saturated heterocycles. The number of nitrogen functional groups attached to an aromatic ring is 1. The topological polar surface area (TPSA) is 55.1 Å². The highest BCUT2D eigenvalue weighted by molar-refractivity contribution is 9.10. The Morgan fingerprint density at radius 2 is 1.52 bits per heavy atom. The van der Waals surface area contributed by atoms with E-state index in [1.807, 2.05) is 0 Å². The van der Waals surface area contributed by atoms with Gasteiger partial charge in [-0.3, -0.25) is 4.79 Å². The first-order valence-electron chi connectivity index (χ1n) is 5.50. The number of hydrogen-bond donors (Lipinski definition) is 2. The van der Waals surface area contributed by atoms with E-state index < -0.39 is 34.9 Å². The van der Waals surface area contributed by atoms with Gasteiger partial charge in [-0.05, 0) is 34.1 Å². The van der Waals surface area contributed by atoms with Gasteiger partial charge in [-0.2, -0.15) is 0 Å². The summed E-state index contributed by atoms with van der Waals surface area (Å²) in [6, 6.07) is 2.98. The molecule has 0 aliphatic rings. The normalized spacial score (nSPS) is 10.5. The van der Waals surface area contributed by atoms with E-state index in [1.165, 1.54) is 0 Å². The maximum Gasteiger partial charge on any atom is 0.255 e. The molecule has 1 amide bonds. The minimum absolute atomic E-state index is 0.0751. The molecule has 0 aromatic heterocycles. The zero-order valence-corrected chi connectivity index (χ0v) is 11.8. The number of nitrogens with one attached hydrogen (secondary N) is 1. The molecule has 2 rings (SSSR count). The Balaban J connectivity index is 2.32. The van der Waals surface area contributed by atoms with Crippen LogP contribution in [0, 0.1) is 23.3 Å². The van der Waals surface area contributed by atoms with Crippen molar-refractivity contribution in [3.63, 3.8) is 0 Å². The summed E-state index contributed by atoms with van der Waals surface area (Å²) in [5.74, 6) is -5.07. The van der Waals surface area contributed by atoms with Crippen molar-refractivity contribution in [1.82, 2.24) is 0 Å². The fourth-order valence-corrected chi connectivity index (χ4v) is 1.87. The molecule has 0 unspecified atom stereocenters. The second-order valence-electron chi connectivity index (χ2n) is 4.05. The maximum atomic E-state index is 13.5. The summed E-state index contributed by atoms with van der Waals surface area (Å²) in [6.07, 6.45) is 0. The van der Waals surface area contributed by atoms with Gasteiger partial charge < -0.3 is 11.1 Å². The molecule has 3 nitrogen and oxygen atoms in total. The molecule has 110 valence electrons. The van der Waals surface area contributed by atoms with E-state index in [0.29, 0.717) is 18.2 Å². The van der Waals surface area contributed by atoms with Crippen LogP contribution in [0.25, 0.3) is 0 Å². The first-order chi connectivity index (χ1) is 9.79. The zero-order valence-electron chi connectivity index (χ0n) is 10.2. The molecule has 21 heavy (non-hydrogen) atoms. The lowest BCUT2D eigenvalue weighted by atomic mass is 10.1. The average molecular weight is 363 g/mol. The number of nitrogens with two attached hydrogens (primary N) is 1. The van der Waals surface area contributed by atoms with Crippen LogP contribution in [0.1, 0.15) is 10.4 Å². The molecule has 0 spiro atoms. The van der Waals surface area contributed by atoms with Crippen LogP contribution < -0.4 is 11.1 Å². The number of halogens is 5. The molecule has 0 fully saturated rings. The van der Waals surface area contributed by atoms with Crippen molar-refractivity contribution < 1.29 is 22.4 Å².